The lowest BCUT2D eigenvalue weighted by atomic mass is 10.9. The Balaban J connectivity index is 4.63. The molecule has 0 aromatic rings. The molecular weight excluding hydrogens is 172 g/mol. The van der Waals surface area contributed by atoms with Crippen molar-refractivity contribution in [1.82, 2.24) is 0 Å². The smallest absolute Gasteiger partial charge is 0.371 e. The quantitative estimate of drug-likeness (QED) is 0.575. The Kier molecular flexibility index (Phi) is 4.47. The van der Waals surface area contributed by atoms with E-state index < -0.39 is 8.80 Å². The number of hydrogen-bond donors (Lipinski definition) is 0. The van der Waals surface area contributed by atoms with Gasteiger partial charge in [0.15, 0.2) is 0 Å². The number of hydrogen-bond acceptors (Lipinski definition) is 3. The monoisotopic (exact) mass is 192 g/mol. The minimum Gasteiger partial charge on any atom is -0.371 e. The van der Waals surface area contributed by atoms with Gasteiger partial charge in [-0.2, -0.15) is 0 Å². The second kappa shape index (κ2) is 6.36. The molecule has 0 aliphatic carbocycles. The predicted molar refractivity (Wildman–Crippen MR) is 50.8 cm³/mol. The minimum atomic E-state index is -2.90. The molecule has 0 amide bonds. The molecule has 0 aromatic carbocycles. The average molecular weight is 192 g/mol. The summed E-state index contributed by atoms with van der Waals surface area (Å²) in [5, 5.41) is 0. The summed E-state index contributed by atoms with van der Waals surface area (Å²) in [4.78, 5) is 0. The van der Waals surface area contributed by atoms with Crippen LogP contribution < -0.4 is 0 Å². The lowest BCUT2D eigenvalue weighted by molar-refractivity contribution is 0.0844. The Morgan fingerprint density at radius 2 is 1.58 bits per heavy atom. The molecule has 12 heavy (non-hydrogen) atoms. The molecule has 0 saturated heterocycles. The molecule has 0 N–H and O–H groups in total. The van der Waals surface area contributed by atoms with Crippen LogP contribution in [-0.4, -0.2) is 28.6 Å². The standard InChI is InChI=1S/C8H18O3Si/c1-5-9-12(8-4,10-6-2)11-7-3/h8H,4-7H2,1-3H3/i4D2. The highest BCUT2D eigenvalue weighted by Crippen LogP contribution is 2.10. The van der Waals surface area contributed by atoms with E-state index in [-0.39, 0.29) is 6.53 Å². The fourth-order valence-corrected chi connectivity index (χ4v) is 2.56. The molecule has 3 nitrogen and oxygen atoms in total. The molecule has 0 spiro atoms. The lowest BCUT2D eigenvalue weighted by Crippen LogP contribution is -2.44. The molecule has 0 rings (SSSR count). The zero-order valence-corrected chi connectivity index (χ0v) is 8.92. The Morgan fingerprint density at radius 1 is 1.17 bits per heavy atom. The first-order chi connectivity index (χ1) is 6.60. The van der Waals surface area contributed by atoms with Crippen LogP contribution in [0.1, 0.15) is 23.5 Å². The maximum Gasteiger partial charge on any atom is 0.528 e. The Hall–Kier alpha value is -0.163. The third kappa shape index (κ3) is 3.49. The third-order valence-electron chi connectivity index (χ3n) is 1.21. The molecule has 0 atom stereocenters. The van der Waals surface area contributed by atoms with Gasteiger partial charge in [0.1, 0.15) is 0 Å². The fourth-order valence-electron chi connectivity index (χ4n) is 0.854. The van der Waals surface area contributed by atoms with Gasteiger partial charge in [0, 0.05) is 19.8 Å². The zero-order valence-electron chi connectivity index (χ0n) is 9.92. The topological polar surface area (TPSA) is 27.7 Å². The van der Waals surface area contributed by atoms with E-state index in [0.29, 0.717) is 19.8 Å². The minimum absolute atomic E-state index is 0.327. The van der Waals surface area contributed by atoms with E-state index in [1.54, 1.807) is 0 Å². The van der Waals surface area contributed by atoms with Crippen molar-refractivity contribution >= 4 is 8.80 Å². The van der Waals surface area contributed by atoms with Gasteiger partial charge in [0.05, 0.1) is 2.74 Å². The van der Waals surface area contributed by atoms with Gasteiger partial charge in [-0.05, 0) is 26.5 Å². The van der Waals surface area contributed by atoms with E-state index in [0.717, 1.165) is 0 Å². The van der Waals surface area contributed by atoms with Crippen molar-refractivity contribution in [3.63, 3.8) is 0 Å². The Labute approximate surface area is 78.5 Å². The normalized spacial score (nSPS) is 13.6. The van der Waals surface area contributed by atoms with E-state index in [2.05, 4.69) is 0 Å². The van der Waals surface area contributed by atoms with Crippen molar-refractivity contribution in [3.8, 4) is 0 Å². The molecule has 0 bridgehead atoms. The van der Waals surface area contributed by atoms with E-state index in [4.69, 9.17) is 16.0 Å². The van der Waals surface area contributed by atoms with Crippen molar-refractivity contribution in [2.45, 2.75) is 20.8 Å². The van der Waals surface area contributed by atoms with Crippen LogP contribution in [0.25, 0.3) is 0 Å². The van der Waals surface area contributed by atoms with Crippen molar-refractivity contribution in [1.29, 1.82) is 0 Å². The summed E-state index contributed by atoms with van der Waals surface area (Å²) < 4.78 is 30.4. The van der Waals surface area contributed by atoms with Crippen LogP contribution in [0, 0.1) is 0 Å². The summed E-state index contributed by atoms with van der Waals surface area (Å²) in [6.07, 6.45) is 0. The highest BCUT2D eigenvalue weighted by Gasteiger charge is 2.36. The van der Waals surface area contributed by atoms with Gasteiger partial charge in [-0.15, -0.1) is 0 Å². The molecule has 0 fully saturated rings. The van der Waals surface area contributed by atoms with Crippen LogP contribution in [0.15, 0.2) is 12.2 Å². The molecule has 0 aromatic heterocycles. The second-order valence-corrected chi connectivity index (χ2v) is 4.41. The van der Waals surface area contributed by atoms with Crippen molar-refractivity contribution in [3.05, 3.63) is 12.2 Å². The van der Waals surface area contributed by atoms with Crippen LogP contribution in [0.4, 0.5) is 0 Å². The van der Waals surface area contributed by atoms with Gasteiger partial charge < -0.3 is 13.3 Å². The van der Waals surface area contributed by atoms with E-state index >= 15 is 0 Å². The maximum absolute atomic E-state index is 7.09. The summed E-state index contributed by atoms with van der Waals surface area (Å²) in [6, 6.07) is 0. The lowest BCUT2D eigenvalue weighted by Gasteiger charge is -2.24. The average Bonchev–Trinajstić information content (AvgIpc) is 2.03. The van der Waals surface area contributed by atoms with Gasteiger partial charge >= 0.3 is 8.80 Å². The van der Waals surface area contributed by atoms with Gasteiger partial charge in [-0.3, -0.25) is 0 Å². The van der Waals surface area contributed by atoms with Gasteiger partial charge in [0.25, 0.3) is 0 Å². The van der Waals surface area contributed by atoms with E-state index in [9.17, 15) is 0 Å². The van der Waals surface area contributed by atoms with Crippen LogP contribution in [0.3, 0.4) is 0 Å². The highest BCUT2D eigenvalue weighted by molar-refractivity contribution is 6.66. The first-order valence-corrected chi connectivity index (χ1v) is 5.98. The Bertz CT molecular complexity index is 166. The number of rotatable bonds is 7. The zero-order chi connectivity index (χ0) is 11.0. The van der Waals surface area contributed by atoms with Crippen molar-refractivity contribution in [2.24, 2.45) is 0 Å². The summed E-state index contributed by atoms with van der Waals surface area (Å²) >= 11 is 0. The third-order valence-corrected chi connectivity index (χ3v) is 3.64. The van der Waals surface area contributed by atoms with Crippen molar-refractivity contribution < 1.29 is 16.0 Å². The SMILES string of the molecule is [2H]C([2H])=C[Si](OCC)(OCC)OCC. The first kappa shape index (κ1) is 8.44. The van der Waals surface area contributed by atoms with Crippen LogP contribution in [0.5, 0.6) is 0 Å². The summed E-state index contributed by atoms with van der Waals surface area (Å²) in [6.45, 7) is 6.54. The molecule has 4 heteroatoms. The molecule has 0 heterocycles. The van der Waals surface area contributed by atoms with Gasteiger partial charge in [0.2, 0.25) is 0 Å². The summed E-state index contributed by atoms with van der Waals surface area (Å²) in [7, 11) is -2.90. The van der Waals surface area contributed by atoms with Gasteiger partial charge in [-0.25, -0.2) is 0 Å². The van der Waals surface area contributed by atoms with E-state index in [1.807, 2.05) is 20.8 Å². The molecule has 0 radical (unpaired) electrons. The molecule has 0 aliphatic rings. The second-order valence-electron chi connectivity index (χ2n) is 2.05. The van der Waals surface area contributed by atoms with Crippen LogP contribution in [0.2, 0.25) is 0 Å². The molecule has 0 unspecified atom stereocenters. The molecule has 0 aliphatic heterocycles. The van der Waals surface area contributed by atoms with E-state index in [1.165, 1.54) is 5.70 Å². The van der Waals surface area contributed by atoms with Gasteiger partial charge in [-0.1, -0.05) is 6.53 Å². The first-order valence-electron chi connectivity index (χ1n) is 5.18. The fraction of sp³-hybridized carbons (Fsp3) is 0.750. The molecular formula is C8H18O3Si. The predicted octanol–water partition coefficient (Wildman–Crippen LogP) is 1.76. The largest absolute Gasteiger partial charge is 0.528 e. The maximum atomic E-state index is 7.09. The van der Waals surface area contributed by atoms with Crippen LogP contribution in [-0.2, 0) is 13.3 Å². The Morgan fingerprint density at radius 3 is 1.83 bits per heavy atom. The molecule has 0 saturated carbocycles. The van der Waals surface area contributed by atoms with Crippen molar-refractivity contribution in [2.75, 3.05) is 19.8 Å². The van der Waals surface area contributed by atoms with Crippen LogP contribution >= 0.6 is 0 Å². The molecule has 72 valence electrons. The summed E-state index contributed by atoms with van der Waals surface area (Å²) in [5.74, 6) is 0. The highest BCUT2D eigenvalue weighted by atomic mass is 28.4. The summed E-state index contributed by atoms with van der Waals surface area (Å²) in [5.41, 5.74) is 1.34.